The molecular weight excluding hydrogens is 274 g/mol. The fraction of sp³-hybridized carbons (Fsp3) is 0.571. The molecule has 1 heterocycles. The number of aromatic nitrogens is 1. The lowest BCUT2D eigenvalue weighted by atomic mass is 10.3. The van der Waals surface area contributed by atoms with Crippen molar-refractivity contribution in [3.63, 3.8) is 0 Å². The molecule has 20 heavy (non-hydrogen) atoms. The van der Waals surface area contributed by atoms with Crippen molar-refractivity contribution in [3.8, 4) is 0 Å². The van der Waals surface area contributed by atoms with Gasteiger partial charge in [-0.05, 0) is 33.8 Å². The van der Waals surface area contributed by atoms with E-state index < -0.39 is 10.0 Å². The minimum Gasteiger partial charge on any atom is -0.346 e. The highest BCUT2D eigenvalue weighted by atomic mass is 32.2. The molecule has 1 rings (SSSR count). The summed E-state index contributed by atoms with van der Waals surface area (Å²) in [4.78, 5) is 0.294. The molecule has 0 aliphatic rings. The highest BCUT2D eigenvalue weighted by Gasteiger charge is 2.28. The molecule has 0 unspecified atom stereocenters. The molecule has 0 bridgehead atoms. The second kappa shape index (κ2) is 6.56. The van der Waals surface area contributed by atoms with Gasteiger partial charge in [-0.2, -0.15) is 4.31 Å². The normalized spacial score (nSPS) is 12.6. The van der Waals surface area contributed by atoms with E-state index in [1.165, 1.54) is 4.31 Å². The Morgan fingerprint density at radius 3 is 2.35 bits per heavy atom. The van der Waals surface area contributed by atoms with Crippen molar-refractivity contribution < 1.29 is 8.42 Å². The smallest absolute Gasteiger partial charge is 0.245 e. The highest BCUT2D eigenvalue weighted by molar-refractivity contribution is 7.89. The number of hydrogen-bond donors (Lipinski definition) is 1. The van der Waals surface area contributed by atoms with E-state index >= 15 is 0 Å². The molecule has 0 aliphatic heterocycles. The molecule has 0 aromatic carbocycles. The first-order valence-electron chi connectivity index (χ1n) is 6.79. The first-order valence-corrected chi connectivity index (χ1v) is 8.23. The number of nitrogens with two attached hydrogens (primary N) is 1. The van der Waals surface area contributed by atoms with Crippen LogP contribution in [0.2, 0.25) is 0 Å². The van der Waals surface area contributed by atoms with Gasteiger partial charge in [0.05, 0.1) is 0 Å². The Bertz CT molecular complexity index is 559. The molecule has 0 radical (unpaired) electrons. The quantitative estimate of drug-likeness (QED) is 0.784. The zero-order valence-corrected chi connectivity index (χ0v) is 13.5. The van der Waals surface area contributed by atoms with Gasteiger partial charge in [-0.25, -0.2) is 8.42 Å². The number of nitrogens with zero attached hydrogens (tertiary/aromatic N) is 2. The third-order valence-corrected chi connectivity index (χ3v) is 5.17. The summed E-state index contributed by atoms with van der Waals surface area (Å²) in [5.41, 5.74) is 6.51. The number of rotatable bonds is 7. The molecule has 0 aliphatic carbocycles. The largest absolute Gasteiger partial charge is 0.346 e. The van der Waals surface area contributed by atoms with Gasteiger partial charge in [0, 0.05) is 37.1 Å². The van der Waals surface area contributed by atoms with Gasteiger partial charge in [0.2, 0.25) is 10.0 Å². The van der Waals surface area contributed by atoms with E-state index in [1.807, 2.05) is 32.3 Å². The lowest BCUT2D eigenvalue weighted by Gasteiger charge is -2.23. The Hall–Kier alpha value is -1.11. The lowest BCUT2D eigenvalue weighted by molar-refractivity contribution is 0.382. The van der Waals surface area contributed by atoms with E-state index in [0.29, 0.717) is 18.0 Å². The summed E-state index contributed by atoms with van der Waals surface area (Å²) in [6, 6.07) is 1.71. The molecule has 6 heteroatoms. The van der Waals surface area contributed by atoms with E-state index in [4.69, 9.17) is 5.73 Å². The molecule has 0 spiro atoms. The summed E-state index contributed by atoms with van der Waals surface area (Å²) in [7, 11) is -3.52. The Morgan fingerprint density at radius 1 is 1.40 bits per heavy atom. The summed E-state index contributed by atoms with van der Waals surface area (Å²) in [5.74, 6) is 0. The minimum absolute atomic E-state index is 0.123. The third kappa shape index (κ3) is 3.31. The first-order chi connectivity index (χ1) is 9.25. The van der Waals surface area contributed by atoms with E-state index in [-0.39, 0.29) is 12.1 Å². The van der Waals surface area contributed by atoms with Crippen molar-refractivity contribution in [1.29, 1.82) is 0 Å². The molecule has 5 nitrogen and oxygen atoms in total. The van der Waals surface area contributed by atoms with Crippen LogP contribution in [0.5, 0.6) is 0 Å². The molecule has 1 aromatic rings. The molecular formula is C14H25N3O2S. The third-order valence-electron chi connectivity index (χ3n) is 3.16. The van der Waals surface area contributed by atoms with Crippen molar-refractivity contribution in [2.75, 3.05) is 6.54 Å². The molecule has 2 N–H and O–H groups in total. The van der Waals surface area contributed by atoms with Gasteiger partial charge in [0.1, 0.15) is 4.90 Å². The minimum atomic E-state index is -3.52. The average molecular weight is 299 g/mol. The molecule has 1 aromatic heterocycles. The van der Waals surface area contributed by atoms with Crippen LogP contribution >= 0.6 is 0 Å². The fourth-order valence-electron chi connectivity index (χ4n) is 2.13. The van der Waals surface area contributed by atoms with Gasteiger partial charge in [-0.1, -0.05) is 6.08 Å². The van der Waals surface area contributed by atoms with Crippen molar-refractivity contribution in [3.05, 3.63) is 30.6 Å². The van der Waals surface area contributed by atoms with Gasteiger partial charge in [0.25, 0.3) is 0 Å². The maximum Gasteiger partial charge on any atom is 0.245 e. The summed E-state index contributed by atoms with van der Waals surface area (Å²) < 4.78 is 28.7. The van der Waals surface area contributed by atoms with E-state index in [9.17, 15) is 8.42 Å². The lowest BCUT2D eigenvalue weighted by Crippen LogP contribution is -2.36. The monoisotopic (exact) mass is 299 g/mol. The maximum absolute atomic E-state index is 12.7. The summed E-state index contributed by atoms with van der Waals surface area (Å²) in [6.45, 7) is 11.9. The Balaban J connectivity index is 3.30. The van der Waals surface area contributed by atoms with E-state index in [0.717, 1.165) is 5.69 Å². The highest BCUT2D eigenvalue weighted by Crippen LogP contribution is 2.23. The van der Waals surface area contributed by atoms with Crippen LogP contribution in [0.4, 0.5) is 0 Å². The van der Waals surface area contributed by atoms with E-state index in [2.05, 4.69) is 6.58 Å². The van der Waals surface area contributed by atoms with Gasteiger partial charge in [-0.3, -0.25) is 0 Å². The summed E-state index contributed by atoms with van der Waals surface area (Å²) >= 11 is 0. The molecule has 0 fully saturated rings. The zero-order chi connectivity index (χ0) is 15.5. The zero-order valence-electron chi connectivity index (χ0n) is 12.7. The van der Waals surface area contributed by atoms with Crippen LogP contribution in [-0.2, 0) is 16.6 Å². The van der Waals surface area contributed by atoms with Crippen LogP contribution in [-0.4, -0.2) is 29.9 Å². The Morgan fingerprint density at radius 2 is 2.00 bits per heavy atom. The average Bonchev–Trinajstić information content (AvgIpc) is 2.80. The fourth-order valence-corrected chi connectivity index (χ4v) is 3.79. The van der Waals surface area contributed by atoms with Crippen molar-refractivity contribution >= 4 is 10.0 Å². The molecule has 114 valence electrons. The molecule has 0 saturated carbocycles. The van der Waals surface area contributed by atoms with Crippen LogP contribution in [0.3, 0.4) is 0 Å². The van der Waals surface area contributed by atoms with Crippen LogP contribution in [0.1, 0.15) is 39.4 Å². The molecule has 0 atom stereocenters. The Labute approximate surface area is 122 Å². The SMILES string of the molecule is C=CCN(C(C)C)S(=O)(=O)c1cc(CN)n(C(C)C)c1. The molecule has 0 amide bonds. The van der Waals surface area contributed by atoms with Crippen molar-refractivity contribution in [1.82, 2.24) is 8.87 Å². The standard InChI is InChI=1S/C14H25N3O2S/c1-6-7-17(12(4)5)20(18,19)14-8-13(9-15)16(10-14)11(2)3/h6,8,10-12H,1,7,9,15H2,2-5H3. The predicted octanol–water partition coefficient (Wildman–Crippen LogP) is 2.11. The first kappa shape index (κ1) is 16.9. The summed E-state index contributed by atoms with van der Waals surface area (Å²) in [6.07, 6.45) is 3.27. The van der Waals surface area contributed by atoms with Crippen molar-refractivity contribution in [2.45, 2.75) is 51.2 Å². The second-order valence-electron chi connectivity index (χ2n) is 5.33. The molecule has 0 saturated heterocycles. The predicted molar refractivity (Wildman–Crippen MR) is 81.9 cm³/mol. The second-order valence-corrected chi connectivity index (χ2v) is 7.22. The van der Waals surface area contributed by atoms with E-state index in [1.54, 1.807) is 18.3 Å². The maximum atomic E-state index is 12.7. The van der Waals surface area contributed by atoms with Crippen LogP contribution in [0, 0.1) is 0 Å². The van der Waals surface area contributed by atoms with Gasteiger partial charge in [0.15, 0.2) is 0 Å². The van der Waals surface area contributed by atoms with Crippen LogP contribution in [0.25, 0.3) is 0 Å². The summed E-state index contributed by atoms with van der Waals surface area (Å²) in [5, 5.41) is 0. The topological polar surface area (TPSA) is 68.3 Å². The Kier molecular flexibility index (Phi) is 5.56. The van der Waals surface area contributed by atoms with Gasteiger partial charge >= 0.3 is 0 Å². The van der Waals surface area contributed by atoms with Gasteiger partial charge < -0.3 is 10.3 Å². The number of sulfonamides is 1. The van der Waals surface area contributed by atoms with Crippen molar-refractivity contribution in [2.24, 2.45) is 5.73 Å². The van der Waals surface area contributed by atoms with Crippen LogP contribution < -0.4 is 5.73 Å². The number of hydrogen-bond acceptors (Lipinski definition) is 3. The van der Waals surface area contributed by atoms with Gasteiger partial charge in [-0.15, -0.1) is 6.58 Å². The van der Waals surface area contributed by atoms with Crippen LogP contribution in [0.15, 0.2) is 29.8 Å².